The second-order valence-electron chi connectivity index (χ2n) is 5.61. The molecule has 4 rings (SSSR count). The summed E-state index contributed by atoms with van der Waals surface area (Å²) < 4.78 is 14.6. The van der Waals surface area contributed by atoms with Crippen LogP contribution in [-0.4, -0.2) is 14.6 Å². The van der Waals surface area contributed by atoms with Crippen molar-refractivity contribution in [2.75, 3.05) is 0 Å². The number of aromatic nitrogens is 3. The maximum absolute atomic E-state index is 13.2. The number of nitrogens with zero attached hydrogens (tertiary/aromatic N) is 2. The summed E-state index contributed by atoms with van der Waals surface area (Å²) in [4.78, 5) is 15.7. The van der Waals surface area contributed by atoms with Crippen molar-refractivity contribution in [3.05, 3.63) is 82.5 Å². The number of rotatable bonds is 2. The average molecular weight is 319 g/mol. The fraction of sp³-hybridized carbons (Fsp3) is 0.0526. The Morgan fingerprint density at radius 2 is 1.71 bits per heavy atom. The van der Waals surface area contributed by atoms with Crippen LogP contribution in [0.3, 0.4) is 0 Å². The van der Waals surface area contributed by atoms with Crippen LogP contribution in [0.1, 0.15) is 5.69 Å². The number of aromatic amines is 1. The normalized spacial score (nSPS) is 11.1. The molecule has 0 amide bonds. The van der Waals surface area contributed by atoms with E-state index in [0.717, 1.165) is 22.4 Å². The third kappa shape index (κ3) is 2.31. The highest BCUT2D eigenvalue weighted by molar-refractivity contribution is 5.81. The summed E-state index contributed by atoms with van der Waals surface area (Å²) in [6.07, 6.45) is 0. The Balaban J connectivity index is 2.01. The minimum atomic E-state index is -0.300. The summed E-state index contributed by atoms with van der Waals surface area (Å²) >= 11 is 0. The van der Waals surface area contributed by atoms with E-state index >= 15 is 0 Å². The zero-order chi connectivity index (χ0) is 16.7. The molecule has 2 aromatic heterocycles. The molecule has 0 saturated carbocycles. The quantitative estimate of drug-likeness (QED) is 0.611. The molecule has 118 valence electrons. The Labute approximate surface area is 137 Å². The minimum absolute atomic E-state index is 0.209. The molecule has 24 heavy (non-hydrogen) atoms. The molecule has 0 radical (unpaired) electrons. The van der Waals surface area contributed by atoms with Crippen LogP contribution < -0.4 is 5.56 Å². The zero-order valence-corrected chi connectivity index (χ0v) is 13.0. The smallest absolute Gasteiger partial charge is 0.274 e. The van der Waals surface area contributed by atoms with Gasteiger partial charge in [-0.1, -0.05) is 42.5 Å². The van der Waals surface area contributed by atoms with Crippen molar-refractivity contribution in [2.24, 2.45) is 0 Å². The van der Waals surface area contributed by atoms with Crippen molar-refractivity contribution in [1.29, 1.82) is 0 Å². The highest BCUT2D eigenvalue weighted by atomic mass is 19.1. The summed E-state index contributed by atoms with van der Waals surface area (Å²) in [5.41, 5.74) is 4.34. The van der Waals surface area contributed by atoms with Crippen LogP contribution in [0.2, 0.25) is 0 Å². The maximum atomic E-state index is 13.2. The number of benzene rings is 2. The molecule has 0 bridgehead atoms. The topological polar surface area (TPSA) is 50.2 Å². The lowest BCUT2D eigenvalue weighted by Crippen LogP contribution is -2.14. The van der Waals surface area contributed by atoms with Gasteiger partial charge in [0.25, 0.3) is 5.56 Å². The second-order valence-corrected chi connectivity index (χ2v) is 5.61. The first-order valence-corrected chi connectivity index (χ1v) is 7.57. The molecule has 0 aliphatic carbocycles. The highest BCUT2D eigenvalue weighted by Gasteiger charge is 2.15. The Hall–Kier alpha value is -3.21. The van der Waals surface area contributed by atoms with E-state index in [-0.39, 0.29) is 11.4 Å². The average Bonchev–Trinajstić information content (AvgIpc) is 2.93. The van der Waals surface area contributed by atoms with Gasteiger partial charge in [-0.2, -0.15) is 9.61 Å². The van der Waals surface area contributed by atoms with Gasteiger partial charge in [0.15, 0.2) is 0 Å². The lowest BCUT2D eigenvalue weighted by Gasteiger charge is -2.05. The number of hydrogen-bond donors (Lipinski definition) is 1. The van der Waals surface area contributed by atoms with Gasteiger partial charge in [0, 0.05) is 11.6 Å². The van der Waals surface area contributed by atoms with Gasteiger partial charge in [-0.15, -0.1) is 0 Å². The van der Waals surface area contributed by atoms with E-state index in [9.17, 15) is 9.18 Å². The summed E-state index contributed by atoms with van der Waals surface area (Å²) in [6.45, 7) is 1.83. The first-order valence-electron chi connectivity index (χ1n) is 7.57. The van der Waals surface area contributed by atoms with Gasteiger partial charge >= 0.3 is 0 Å². The van der Waals surface area contributed by atoms with Gasteiger partial charge in [-0.3, -0.25) is 4.79 Å². The number of aryl methyl sites for hydroxylation is 1. The summed E-state index contributed by atoms with van der Waals surface area (Å²) in [5.74, 6) is -0.300. The monoisotopic (exact) mass is 319 g/mol. The molecule has 0 spiro atoms. The summed E-state index contributed by atoms with van der Waals surface area (Å²) in [7, 11) is 0. The van der Waals surface area contributed by atoms with Crippen molar-refractivity contribution < 1.29 is 4.39 Å². The van der Waals surface area contributed by atoms with E-state index in [0.29, 0.717) is 11.3 Å². The van der Waals surface area contributed by atoms with Crippen LogP contribution in [0.4, 0.5) is 4.39 Å². The van der Waals surface area contributed by atoms with Crippen LogP contribution in [0, 0.1) is 12.7 Å². The van der Waals surface area contributed by atoms with Gasteiger partial charge in [-0.05, 0) is 30.2 Å². The van der Waals surface area contributed by atoms with Crippen LogP contribution in [0.5, 0.6) is 0 Å². The Bertz CT molecular complexity index is 1080. The van der Waals surface area contributed by atoms with Crippen LogP contribution in [0.25, 0.3) is 28.0 Å². The third-order valence-corrected chi connectivity index (χ3v) is 4.01. The molecule has 0 fully saturated rings. The van der Waals surface area contributed by atoms with Crippen LogP contribution in [0.15, 0.2) is 65.5 Å². The number of fused-ring (bicyclic) bond motifs is 1. The van der Waals surface area contributed by atoms with Crippen molar-refractivity contribution in [1.82, 2.24) is 14.6 Å². The fourth-order valence-electron chi connectivity index (χ4n) is 2.89. The fourth-order valence-corrected chi connectivity index (χ4v) is 2.89. The van der Waals surface area contributed by atoms with E-state index < -0.39 is 0 Å². The molecule has 1 N–H and O–H groups in total. The van der Waals surface area contributed by atoms with Gasteiger partial charge in [0.1, 0.15) is 11.5 Å². The third-order valence-electron chi connectivity index (χ3n) is 4.01. The maximum Gasteiger partial charge on any atom is 0.274 e. The first kappa shape index (κ1) is 14.4. The lowest BCUT2D eigenvalue weighted by atomic mass is 10.1. The number of halogens is 1. The molecule has 2 aromatic carbocycles. The molecule has 2 heterocycles. The molecular weight excluding hydrogens is 305 g/mol. The Morgan fingerprint density at radius 3 is 2.42 bits per heavy atom. The van der Waals surface area contributed by atoms with Gasteiger partial charge in [0.05, 0.1) is 11.4 Å². The Kier molecular flexibility index (Phi) is 3.27. The summed E-state index contributed by atoms with van der Waals surface area (Å²) in [5, 5.41) is 4.33. The second kappa shape index (κ2) is 5.45. The molecule has 0 saturated heterocycles. The molecule has 0 aliphatic rings. The highest BCUT2D eigenvalue weighted by Crippen LogP contribution is 2.28. The molecule has 0 aliphatic heterocycles. The standard InChI is InChI=1S/C19H14FN3O/c1-12-18(14-7-9-15(20)10-8-14)19-21-16(11-17(24)23(19)22-12)13-5-3-2-4-6-13/h2-11,21H,1H3. The largest absolute Gasteiger partial charge is 0.339 e. The first-order chi connectivity index (χ1) is 11.6. The van der Waals surface area contributed by atoms with Crippen molar-refractivity contribution >= 4 is 5.65 Å². The molecule has 4 aromatic rings. The van der Waals surface area contributed by atoms with E-state index in [1.807, 2.05) is 37.3 Å². The number of hydrogen-bond acceptors (Lipinski definition) is 2. The molecule has 5 heteroatoms. The van der Waals surface area contributed by atoms with Crippen molar-refractivity contribution in [2.45, 2.75) is 6.92 Å². The number of H-pyrrole nitrogens is 1. The van der Waals surface area contributed by atoms with Gasteiger partial charge in [-0.25, -0.2) is 4.39 Å². The molecule has 0 unspecified atom stereocenters. The Morgan fingerprint density at radius 1 is 1.00 bits per heavy atom. The van der Waals surface area contributed by atoms with Crippen molar-refractivity contribution in [3.8, 4) is 22.4 Å². The van der Waals surface area contributed by atoms with Crippen LogP contribution >= 0.6 is 0 Å². The number of nitrogens with one attached hydrogen (secondary N) is 1. The lowest BCUT2D eigenvalue weighted by molar-refractivity contribution is 0.628. The van der Waals surface area contributed by atoms with Crippen molar-refractivity contribution in [3.63, 3.8) is 0 Å². The minimum Gasteiger partial charge on any atom is -0.339 e. The predicted octanol–water partition coefficient (Wildman–Crippen LogP) is 3.80. The van der Waals surface area contributed by atoms with E-state index in [1.165, 1.54) is 22.7 Å². The summed E-state index contributed by atoms with van der Waals surface area (Å²) in [6, 6.07) is 17.3. The molecule has 4 nitrogen and oxygen atoms in total. The van der Waals surface area contributed by atoms with Crippen LogP contribution in [-0.2, 0) is 0 Å². The van der Waals surface area contributed by atoms with E-state index in [2.05, 4.69) is 10.1 Å². The molecular formula is C19H14FN3O. The van der Waals surface area contributed by atoms with E-state index in [1.54, 1.807) is 12.1 Å². The zero-order valence-electron chi connectivity index (χ0n) is 13.0. The van der Waals surface area contributed by atoms with Gasteiger partial charge < -0.3 is 4.98 Å². The SMILES string of the molecule is Cc1nn2c(=O)cc(-c3ccccc3)[nH]c2c1-c1ccc(F)cc1. The van der Waals surface area contributed by atoms with E-state index in [4.69, 9.17) is 0 Å². The predicted molar refractivity (Wildman–Crippen MR) is 91.4 cm³/mol. The van der Waals surface area contributed by atoms with Gasteiger partial charge in [0.2, 0.25) is 0 Å². The molecule has 0 atom stereocenters.